The summed E-state index contributed by atoms with van der Waals surface area (Å²) in [7, 11) is -0.885. The summed E-state index contributed by atoms with van der Waals surface area (Å²) < 4.78 is 11.0. The Morgan fingerprint density at radius 1 is 1.53 bits per heavy atom. The molecule has 0 saturated carbocycles. The van der Waals surface area contributed by atoms with Gasteiger partial charge in [0.1, 0.15) is 5.54 Å². The zero-order valence-electron chi connectivity index (χ0n) is 11.6. The van der Waals surface area contributed by atoms with E-state index in [1.165, 1.54) is 4.90 Å². The number of urea groups is 1. The van der Waals surface area contributed by atoms with E-state index in [0.29, 0.717) is 31.6 Å². The summed E-state index contributed by atoms with van der Waals surface area (Å²) in [4.78, 5) is 24.8. The van der Waals surface area contributed by atoms with E-state index in [-0.39, 0.29) is 12.1 Å². The first kappa shape index (κ1) is 15.9. The summed E-state index contributed by atoms with van der Waals surface area (Å²) in [6, 6.07) is -0.466. The van der Waals surface area contributed by atoms with Crippen LogP contribution in [0.5, 0.6) is 0 Å². The molecule has 7 heteroatoms. The van der Waals surface area contributed by atoms with Crippen molar-refractivity contribution in [2.45, 2.75) is 44.7 Å². The lowest BCUT2D eigenvalue weighted by molar-refractivity contribution is -0.147. The van der Waals surface area contributed by atoms with Gasteiger partial charge in [-0.3, -0.25) is 4.21 Å². The fourth-order valence-corrected chi connectivity index (χ4v) is 2.90. The lowest BCUT2D eigenvalue weighted by Gasteiger charge is -2.32. The van der Waals surface area contributed by atoms with Crippen LogP contribution in [0.25, 0.3) is 0 Å². The SMILES string of the molecule is CC(CCS(C)=O)NC(=O)N1CCCC1(C)C(=O)O. The number of likely N-dealkylation sites (tertiary alicyclic amines) is 1. The molecular weight excluding hydrogens is 268 g/mol. The zero-order chi connectivity index (χ0) is 14.6. The molecule has 110 valence electrons. The molecule has 1 aliphatic heterocycles. The standard InChI is InChI=1S/C12H22N2O4S/c1-9(5-8-19(3)18)13-11(17)14-7-4-6-12(14,2)10(15)16/h9H,4-8H2,1-3H3,(H,13,17)(H,15,16). The van der Waals surface area contributed by atoms with Gasteiger partial charge in [0, 0.05) is 35.4 Å². The maximum Gasteiger partial charge on any atom is 0.329 e. The van der Waals surface area contributed by atoms with E-state index in [1.54, 1.807) is 13.2 Å². The van der Waals surface area contributed by atoms with Crippen molar-refractivity contribution in [2.75, 3.05) is 18.6 Å². The first-order chi connectivity index (χ1) is 8.77. The number of amides is 2. The Labute approximate surface area is 116 Å². The van der Waals surface area contributed by atoms with Crippen molar-refractivity contribution in [3.63, 3.8) is 0 Å². The summed E-state index contributed by atoms with van der Waals surface area (Å²) in [6.07, 6.45) is 3.41. The molecule has 1 rings (SSSR count). The van der Waals surface area contributed by atoms with Crippen LogP contribution in [0.2, 0.25) is 0 Å². The largest absolute Gasteiger partial charge is 0.480 e. The molecule has 0 aromatic rings. The smallest absolute Gasteiger partial charge is 0.329 e. The third kappa shape index (κ3) is 3.92. The number of aliphatic carboxylic acids is 1. The average molecular weight is 290 g/mol. The molecule has 0 aliphatic carbocycles. The monoisotopic (exact) mass is 290 g/mol. The molecule has 0 bridgehead atoms. The second-order valence-electron chi connectivity index (χ2n) is 5.25. The normalized spacial score (nSPS) is 25.9. The fraction of sp³-hybridized carbons (Fsp3) is 0.833. The number of nitrogens with one attached hydrogen (secondary N) is 1. The zero-order valence-corrected chi connectivity index (χ0v) is 12.5. The van der Waals surface area contributed by atoms with E-state index in [1.807, 2.05) is 6.92 Å². The minimum atomic E-state index is -1.11. The molecule has 1 fully saturated rings. The summed E-state index contributed by atoms with van der Waals surface area (Å²) in [5.41, 5.74) is -1.11. The first-order valence-corrected chi connectivity index (χ1v) is 8.11. The molecule has 0 radical (unpaired) electrons. The van der Waals surface area contributed by atoms with Crippen molar-refractivity contribution in [2.24, 2.45) is 0 Å². The van der Waals surface area contributed by atoms with Gasteiger partial charge in [0.25, 0.3) is 0 Å². The van der Waals surface area contributed by atoms with Gasteiger partial charge in [-0.25, -0.2) is 9.59 Å². The summed E-state index contributed by atoms with van der Waals surface area (Å²) >= 11 is 0. The van der Waals surface area contributed by atoms with E-state index in [9.17, 15) is 18.9 Å². The third-order valence-electron chi connectivity index (χ3n) is 3.56. The van der Waals surface area contributed by atoms with Crippen molar-refractivity contribution >= 4 is 22.8 Å². The van der Waals surface area contributed by atoms with Gasteiger partial charge in [0.2, 0.25) is 0 Å². The number of carbonyl (C=O) groups excluding carboxylic acids is 1. The minimum absolute atomic E-state index is 0.116. The van der Waals surface area contributed by atoms with Gasteiger partial charge in [0.15, 0.2) is 0 Å². The summed E-state index contributed by atoms with van der Waals surface area (Å²) in [5.74, 6) is -0.444. The van der Waals surface area contributed by atoms with Crippen LogP contribution >= 0.6 is 0 Å². The molecular formula is C12H22N2O4S. The summed E-state index contributed by atoms with van der Waals surface area (Å²) in [6.45, 7) is 3.87. The van der Waals surface area contributed by atoms with Gasteiger partial charge in [-0.1, -0.05) is 0 Å². The van der Waals surface area contributed by atoms with E-state index < -0.39 is 22.3 Å². The van der Waals surface area contributed by atoms with E-state index in [2.05, 4.69) is 5.32 Å². The maximum absolute atomic E-state index is 12.1. The second-order valence-corrected chi connectivity index (χ2v) is 6.81. The lowest BCUT2D eigenvalue weighted by atomic mass is 10.00. The lowest BCUT2D eigenvalue weighted by Crippen LogP contribution is -2.55. The van der Waals surface area contributed by atoms with Gasteiger partial charge in [-0.15, -0.1) is 0 Å². The highest BCUT2D eigenvalue weighted by molar-refractivity contribution is 7.84. The van der Waals surface area contributed by atoms with E-state index in [0.717, 1.165) is 0 Å². The Morgan fingerprint density at radius 2 is 2.16 bits per heavy atom. The van der Waals surface area contributed by atoms with Gasteiger partial charge in [-0.05, 0) is 33.1 Å². The molecule has 1 aliphatic rings. The molecule has 2 N–H and O–H groups in total. The number of hydrogen-bond acceptors (Lipinski definition) is 3. The van der Waals surface area contributed by atoms with Crippen LogP contribution < -0.4 is 5.32 Å². The highest BCUT2D eigenvalue weighted by Crippen LogP contribution is 2.29. The van der Waals surface area contributed by atoms with Crippen molar-refractivity contribution in [3.05, 3.63) is 0 Å². The first-order valence-electron chi connectivity index (χ1n) is 6.39. The molecule has 0 spiro atoms. The van der Waals surface area contributed by atoms with E-state index in [4.69, 9.17) is 0 Å². The quantitative estimate of drug-likeness (QED) is 0.784. The molecule has 1 heterocycles. The third-order valence-corrected chi connectivity index (χ3v) is 4.37. The Hall–Kier alpha value is -1.11. The Morgan fingerprint density at radius 3 is 2.68 bits per heavy atom. The van der Waals surface area contributed by atoms with Crippen LogP contribution in [0.15, 0.2) is 0 Å². The predicted octanol–water partition coefficient (Wildman–Crippen LogP) is 0.792. The van der Waals surface area contributed by atoms with Crippen molar-refractivity contribution in [1.82, 2.24) is 10.2 Å². The highest BCUT2D eigenvalue weighted by atomic mass is 32.2. The van der Waals surface area contributed by atoms with Crippen LogP contribution in [0.3, 0.4) is 0 Å². The van der Waals surface area contributed by atoms with Gasteiger partial charge in [0.05, 0.1) is 0 Å². The maximum atomic E-state index is 12.1. The number of carbonyl (C=O) groups is 2. The molecule has 1 saturated heterocycles. The Bertz CT molecular complexity index is 388. The fourth-order valence-electron chi connectivity index (χ4n) is 2.21. The van der Waals surface area contributed by atoms with Gasteiger partial charge < -0.3 is 15.3 Å². The number of carboxylic acids is 1. The Kier molecular flexibility index (Phi) is 5.34. The van der Waals surface area contributed by atoms with E-state index >= 15 is 0 Å². The molecule has 2 amide bonds. The molecule has 3 unspecified atom stereocenters. The van der Waals surface area contributed by atoms with Gasteiger partial charge in [-0.2, -0.15) is 0 Å². The van der Waals surface area contributed by atoms with Crippen LogP contribution in [-0.4, -0.2) is 56.3 Å². The average Bonchev–Trinajstić information content (AvgIpc) is 2.70. The molecule has 0 aromatic heterocycles. The van der Waals surface area contributed by atoms with Crippen LogP contribution in [-0.2, 0) is 15.6 Å². The highest BCUT2D eigenvalue weighted by Gasteiger charge is 2.46. The number of hydrogen-bond donors (Lipinski definition) is 2. The van der Waals surface area contributed by atoms with Gasteiger partial charge >= 0.3 is 12.0 Å². The van der Waals surface area contributed by atoms with Crippen molar-refractivity contribution in [1.29, 1.82) is 0 Å². The predicted molar refractivity (Wildman–Crippen MR) is 73.5 cm³/mol. The van der Waals surface area contributed by atoms with Crippen LogP contribution in [0, 0.1) is 0 Å². The molecule has 3 atom stereocenters. The van der Waals surface area contributed by atoms with Crippen molar-refractivity contribution < 1.29 is 18.9 Å². The topological polar surface area (TPSA) is 86.7 Å². The second kappa shape index (κ2) is 6.36. The van der Waals surface area contributed by atoms with Crippen LogP contribution in [0.4, 0.5) is 4.79 Å². The number of carboxylic acid groups (broad SMARTS) is 1. The molecule has 0 aromatic carbocycles. The molecule has 19 heavy (non-hydrogen) atoms. The van der Waals surface area contributed by atoms with Crippen LogP contribution in [0.1, 0.15) is 33.1 Å². The summed E-state index contributed by atoms with van der Waals surface area (Å²) in [5, 5.41) is 12.0. The molecule has 6 nitrogen and oxygen atoms in total. The number of nitrogens with zero attached hydrogens (tertiary/aromatic N) is 1. The number of rotatable bonds is 5. The minimum Gasteiger partial charge on any atom is -0.480 e. The van der Waals surface area contributed by atoms with Crippen molar-refractivity contribution in [3.8, 4) is 0 Å². The Balaban J connectivity index is 2.58.